The summed E-state index contributed by atoms with van der Waals surface area (Å²) >= 11 is 11.0. The number of fused-ring (bicyclic) bond motifs is 4. The fourth-order valence-corrected chi connectivity index (χ4v) is 11.0. The molecule has 10 aromatic rings. The van der Waals surface area contributed by atoms with E-state index in [0.29, 0.717) is 34.2 Å². The quantitative estimate of drug-likeness (QED) is 0.0792. The molecule has 6 aromatic carbocycles. The number of hydrogen-bond donors (Lipinski definition) is 1. The Balaban J connectivity index is 0.00000101. The van der Waals surface area contributed by atoms with Crippen molar-refractivity contribution in [3.8, 4) is 34.2 Å². The largest absolute Gasteiger partial charge is 2.00 e. The topological polar surface area (TPSA) is 140 Å². The summed E-state index contributed by atoms with van der Waals surface area (Å²) in [6, 6.07) is 68.1. The second-order valence-corrected chi connectivity index (χ2v) is 19.6. The van der Waals surface area contributed by atoms with Crippen molar-refractivity contribution in [3.05, 3.63) is 251 Å². The van der Waals surface area contributed by atoms with Crippen LogP contribution in [-0.2, 0) is 19.5 Å². The number of anilines is 6. The van der Waals surface area contributed by atoms with Gasteiger partial charge in [0, 0.05) is 43.4 Å². The molecule has 6 heterocycles. The minimum absolute atomic E-state index is 0. The maximum atomic E-state index is 11.8. The van der Waals surface area contributed by atoms with E-state index < -0.39 is 5.97 Å². The van der Waals surface area contributed by atoms with Crippen molar-refractivity contribution in [1.82, 2.24) is 19.9 Å². The minimum atomic E-state index is -1.03. The average molecular weight is 1170 g/mol. The number of hydrogen-bond acceptors (Lipinski definition) is 11. The van der Waals surface area contributed by atoms with Crippen molar-refractivity contribution in [1.29, 1.82) is 0 Å². The number of isothiocyanates is 2. The molecule has 4 aromatic heterocycles. The Kier molecular flexibility index (Phi) is 17.7. The number of aromatic carboxylic acids is 1. The maximum absolute atomic E-state index is 11.8. The van der Waals surface area contributed by atoms with Crippen LogP contribution in [0.4, 0.5) is 34.1 Å². The summed E-state index contributed by atoms with van der Waals surface area (Å²) in [5.74, 6) is -1.03. The summed E-state index contributed by atoms with van der Waals surface area (Å²) in [4.78, 5) is 40.7. The molecule has 12 rings (SSSR count). The van der Waals surface area contributed by atoms with E-state index in [1.165, 1.54) is 59.6 Å². The normalized spacial score (nSPS) is 11.7. The van der Waals surface area contributed by atoms with E-state index in [-0.39, 0.29) is 25.0 Å². The second kappa shape index (κ2) is 25.5. The molecule has 78 heavy (non-hydrogen) atoms. The Labute approximate surface area is 483 Å². The van der Waals surface area contributed by atoms with Gasteiger partial charge < -0.3 is 25.7 Å². The van der Waals surface area contributed by atoms with E-state index in [9.17, 15) is 9.90 Å². The molecule has 2 aliphatic rings. The van der Waals surface area contributed by atoms with Crippen molar-refractivity contribution in [3.63, 3.8) is 0 Å². The molecular weight excluding hydrogens is 1130 g/mol. The molecule has 0 fully saturated rings. The first-order valence-electron chi connectivity index (χ1n) is 23.9. The number of rotatable bonds is 10. The van der Waals surface area contributed by atoms with E-state index in [1.807, 2.05) is 48.7 Å². The molecule has 0 radical (unpaired) electrons. The molecule has 0 saturated heterocycles. The number of para-hydroxylation sites is 4. The number of thiocarbonyl (C=S) groups is 2. The van der Waals surface area contributed by atoms with Crippen molar-refractivity contribution in [2.45, 2.75) is 19.6 Å². The zero-order chi connectivity index (χ0) is 53.1. The Morgan fingerprint density at radius 3 is 1.26 bits per heavy atom. The van der Waals surface area contributed by atoms with E-state index in [4.69, 9.17) is 25.8 Å². The van der Waals surface area contributed by atoms with Crippen LogP contribution in [0.5, 0.6) is 0 Å². The summed E-state index contributed by atoms with van der Waals surface area (Å²) < 4.78 is 0. The predicted octanol–water partition coefficient (Wildman–Crippen LogP) is 17.5. The van der Waals surface area contributed by atoms with E-state index in [2.05, 4.69) is 209 Å². The van der Waals surface area contributed by atoms with Gasteiger partial charge in [0.05, 0.1) is 62.5 Å². The number of carbonyl (C=O) groups is 1. The summed E-state index contributed by atoms with van der Waals surface area (Å²) in [6.45, 7) is 0. The maximum Gasteiger partial charge on any atom is 2.00 e. The third-order valence-corrected chi connectivity index (χ3v) is 14.5. The Morgan fingerprint density at radius 2 is 0.795 bits per heavy atom. The van der Waals surface area contributed by atoms with Crippen molar-refractivity contribution in [2.75, 3.05) is 9.80 Å². The van der Waals surface area contributed by atoms with Gasteiger partial charge in [-0.1, -0.05) is 151 Å². The molecule has 0 unspecified atom stereocenters. The van der Waals surface area contributed by atoms with Gasteiger partial charge >= 0.3 is 25.4 Å². The molecule has 0 bridgehead atoms. The Hall–Kier alpha value is -8.61. The van der Waals surface area contributed by atoms with E-state index >= 15 is 0 Å². The van der Waals surface area contributed by atoms with Crippen LogP contribution < -0.4 is 9.80 Å². The van der Waals surface area contributed by atoms with Crippen LogP contribution >= 0.6 is 48.0 Å². The van der Waals surface area contributed by atoms with E-state index in [1.54, 1.807) is 23.5 Å². The van der Waals surface area contributed by atoms with Crippen molar-refractivity contribution < 1.29 is 29.4 Å². The van der Waals surface area contributed by atoms with Gasteiger partial charge in [0.1, 0.15) is 0 Å². The summed E-state index contributed by atoms with van der Waals surface area (Å²) in [5.41, 5.74) is 14.6. The van der Waals surface area contributed by atoms with Crippen molar-refractivity contribution >= 4 is 123 Å². The first kappa shape index (κ1) is 54.2. The molecule has 0 aliphatic carbocycles. The Morgan fingerprint density at radius 1 is 0.436 bits per heavy atom. The minimum Gasteiger partial charge on any atom is -0.753 e. The zero-order valence-electron chi connectivity index (χ0n) is 40.9. The van der Waals surface area contributed by atoms with Crippen LogP contribution in [0.3, 0.4) is 0 Å². The second-order valence-electron chi connectivity index (χ2n) is 17.1. The fourth-order valence-electron chi connectivity index (χ4n) is 8.84. The number of benzene rings is 6. The number of aromatic nitrogens is 4. The monoisotopic (exact) mass is 1170 g/mol. The van der Waals surface area contributed by atoms with Crippen LogP contribution in [0, 0.1) is 0 Å². The molecule has 10 nitrogen and oxygen atoms in total. The smallest absolute Gasteiger partial charge is 0.753 e. The van der Waals surface area contributed by atoms with Gasteiger partial charge in [-0.05, 0) is 144 Å². The number of pyridine rings is 4. The van der Waals surface area contributed by atoms with Crippen LogP contribution in [0.2, 0.25) is 0 Å². The molecule has 376 valence electrons. The molecule has 0 saturated carbocycles. The fraction of sp³-hybridized carbons (Fsp3) is 0. The van der Waals surface area contributed by atoms with Crippen LogP contribution in [0.25, 0.3) is 69.3 Å². The van der Waals surface area contributed by atoms with Gasteiger partial charge in [0.15, 0.2) is 0 Å². The van der Waals surface area contributed by atoms with Gasteiger partial charge in [0.2, 0.25) is 0 Å². The standard InChI is InChI=1S/C61H40N6O2S2.2CNS.Ru/c68-61(69)44-33-35-63-50(39-44)47-10-9-11-48(64-47)51-37-43(23-21-41-26-30-46(31-27-41)67-55-14-3-7-18-59(55)71-60-19-8-4-15-56(60)67)38-52(65-51)49-36-42(32-34-62-49)22-20-40-24-28-45(29-25-40)66-53-12-1-5-16-57(53)70-58-17-6-2-13-54(58)66;2*2-1-3;/h1-39H,(H,68,69);;;/q;2*-1;+2/b22-20+,23-21+;;;. The summed E-state index contributed by atoms with van der Waals surface area (Å²) in [5, 5.41) is 26.6. The summed E-state index contributed by atoms with van der Waals surface area (Å²) in [6.07, 6.45) is 11.7. The first-order valence-corrected chi connectivity index (χ1v) is 26.3. The summed E-state index contributed by atoms with van der Waals surface area (Å²) in [7, 11) is 0. The molecule has 15 heteroatoms. The SMILES string of the molecule is O=C(O)c1ccnc(-c2cccc(-c3cc(/C=C/c4ccc(N5c6ccccc6Sc6ccccc65)cc4)cc(-c4cc(/C=C/c5ccc(N6c7ccccc7Sc7ccccc76)cc5)ccn4)n3)n2)c1.[N-]=C=S.[N-]=C=S.[Ru+2]. The molecule has 0 atom stereocenters. The van der Waals surface area contributed by atoms with Crippen molar-refractivity contribution in [2.24, 2.45) is 0 Å². The van der Waals surface area contributed by atoms with E-state index in [0.717, 1.165) is 45.0 Å². The number of carboxylic acids is 1. The average Bonchev–Trinajstić information content (AvgIpc) is 3.62. The molecule has 0 amide bonds. The number of nitrogens with zero attached hydrogens (tertiary/aromatic N) is 8. The third-order valence-electron chi connectivity index (χ3n) is 12.3. The molecular formula is C63H40N8O2RuS4. The first-order chi connectivity index (χ1) is 37.8. The van der Waals surface area contributed by atoms with Gasteiger partial charge in [0.25, 0.3) is 0 Å². The van der Waals surface area contributed by atoms with Gasteiger partial charge in [-0.3, -0.25) is 9.97 Å². The predicted molar refractivity (Wildman–Crippen MR) is 321 cm³/mol. The molecule has 1 N–H and O–H groups in total. The van der Waals surface area contributed by atoms with Gasteiger partial charge in [-0.15, -0.1) is 0 Å². The number of carboxylic acid groups (broad SMARTS) is 1. The van der Waals surface area contributed by atoms with Crippen LogP contribution in [0.15, 0.2) is 232 Å². The Bertz CT molecular complexity index is 3850. The van der Waals surface area contributed by atoms with Gasteiger partial charge in [-0.25, -0.2) is 14.8 Å². The van der Waals surface area contributed by atoms with Gasteiger partial charge in [-0.2, -0.15) is 10.3 Å². The van der Waals surface area contributed by atoms with Crippen LogP contribution in [-0.4, -0.2) is 41.3 Å². The zero-order valence-corrected chi connectivity index (χ0v) is 45.9. The van der Waals surface area contributed by atoms with Crippen LogP contribution in [0.1, 0.15) is 32.6 Å². The molecule has 0 spiro atoms. The third kappa shape index (κ3) is 12.3. The molecule has 2 aliphatic heterocycles.